The summed E-state index contributed by atoms with van der Waals surface area (Å²) in [4.78, 5) is 20.6. The average molecular weight is 383 g/mol. The lowest BCUT2D eigenvalue weighted by Crippen LogP contribution is -2.33. The van der Waals surface area contributed by atoms with E-state index in [1.54, 1.807) is 24.3 Å². The van der Waals surface area contributed by atoms with Gasteiger partial charge in [0.1, 0.15) is 0 Å². The van der Waals surface area contributed by atoms with Crippen molar-refractivity contribution in [2.75, 3.05) is 6.54 Å². The highest BCUT2D eigenvalue weighted by Gasteiger charge is 2.29. The van der Waals surface area contributed by atoms with E-state index in [1.165, 1.54) is 6.42 Å². The molecule has 1 aliphatic rings. The van der Waals surface area contributed by atoms with E-state index in [-0.39, 0.29) is 23.2 Å². The van der Waals surface area contributed by atoms with E-state index in [9.17, 15) is 19.4 Å². The lowest BCUT2D eigenvalue weighted by Gasteiger charge is -2.30. The molecule has 0 amide bonds. The first kappa shape index (κ1) is 21.1. The maximum atomic E-state index is 11.8. The van der Waals surface area contributed by atoms with Gasteiger partial charge in [-0.2, -0.15) is 0 Å². The van der Waals surface area contributed by atoms with Gasteiger partial charge >= 0.3 is 5.97 Å². The number of benzene rings is 1. The van der Waals surface area contributed by atoms with Gasteiger partial charge in [0.05, 0.1) is 11.7 Å². The molecule has 0 aliphatic heterocycles. The molecule has 1 fully saturated rings. The van der Waals surface area contributed by atoms with Gasteiger partial charge in [-0.1, -0.05) is 31.4 Å². The number of nitrogens with one attached hydrogen (secondary N) is 1. The third-order valence-corrected chi connectivity index (χ3v) is 6.72. The zero-order valence-electron chi connectivity index (χ0n) is 15.2. The predicted octanol–water partition coefficient (Wildman–Crippen LogP) is 3.20. The van der Waals surface area contributed by atoms with E-state index in [4.69, 9.17) is 5.11 Å². The third-order valence-electron chi connectivity index (χ3n) is 5.38. The number of aromatic carboxylic acids is 1. The summed E-state index contributed by atoms with van der Waals surface area (Å²) in [5.74, 6) is -0.712. The summed E-state index contributed by atoms with van der Waals surface area (Å²) in [5, 5.41) is 22.5. The Bertz CT molecular complexity index is 600. The molecule has 1 saturated carbocycles. The molecule has 3 unspecified atom stereocenters. The Labute approximate surface area is 155 Å². The van der Waals surface area contributed by atoms with Crippen LogP contribution in [0, 0.1) is 5.92 Å². The molecule has 0 spiro atoms. The maximum Gasteiger partial charge on any atom is 0.335 e. The molecule has 146 valence electrons. The second-order valence-corrected chi connectivity index (χ2v) is 8.71. The molecule has 0 saturated heterocycles. The molecular formula is C19H30NO5P. The van der Waals surface area contributed by atoms with Crippen molar-refractivity contribution in [3.63, 3.8) is 0 Å². The molecule has 7 heteroatoms. The first-order valence-corrected chi connectivity index (χ1v) is 10.8. The van der Waals surface area contributed by atoms with Gasteiger partial charge in [0.15, 0.2) is 8.03 Å². The number of rotatable bonds is 9. The molecule has 0 radical (unpaired) electrons. The number of aliphatic hydroxyl groups excluding tert-OH is 1. The predicted molar refractivity (Wildman–Crippen MR) is 102 cm³/mol. The van der Waals surface area contributed by atoms with Crippen LogP contribution in [-0.4, -0.2) is 39.4 Å². The van der Waals surface area contributed by atoms with E-state index in [1.807, 2.05) is 6.92 Å². The van der Waals surface area contributed by atoms with E-state index in [0.29, 0.717) is 13.0 Å². The molecule has 1 aromatic carbocycles. The van der Waals surface area contributed by atoms with Crippen LogP contribution in [0.2, 0.25) is 0 Å². The molecule has 1 aromatic rings. The van der Waals surface area contributed by atoms with Gasteiger partial charge in [-0.3, -0.25) is 4.57 Å². The van der Waals surface area contributed by atoms with Crippen molar-refractivity contribution in [1.29, 1.82) is 0 Å². The van der Waals surface area contributed by atoms with Crippen molar-refractivity contribution >= 4 is 14.0 Å². The molecule has 0 aromatic heterocycles. The number of hydrogen-bond donors (Lipinski definition) is 4. The van der Waals surface area contributed by atoms with Crippen molar-refractivity contribution < 1.29 is 24.5 Å². The molecule has 4 N–H and O–H groups in total. The van der Waals surface area contributed by atoms with Crippen LogP contribution in [0.15, 0.2) is 24.3 Å². The Balaban J connectivity index is 1.84. The quantitative estimate of drug-likeness (QED) is 0.488. The fourth-order valence-corrected chi connectivity index (χ4v) is 4.96. The maximum absolute atomic E-state index is 11.8. The lowest BCUT2D eigenvalue weighted by atomic mass is 9.85. The summed E-state index contributed by atoms with van der Waals surface area (Å²) >= 11 is 0. The molecule has 2 rings (SSSR count). The summed E-state index contributed by atoms with van der Waals surface area (Å²) in [7, 11) is -2.66. The van der Waals surface area contributed by atoms with Crippen molar-refractivity contribution in [3.05, 3.63) is 35.4 Å². The summed E-state index contributed by atoms with van der Waals surface area (Å²) in [5.41, 5.74) is 0.869. The Morgan fingerprint density at radius 2 is 1.85 bits per heavy atom. The Kier molecular flexibility index (Phi) is 8.29. The minimum atomic E-state index is -2.66. The van der Waals surface area contributed by atoms with Crippen LogP contribution in [0.25, 0.3) is 0 Å². The SMILES string of the molecule is CC(NC[C@@H](O)CC(C1CCCCC1)[PH](=O)O)c1ccc(C(=O)O)cc1. The van der Waals surface area contributed by atoms with Crippen LogP contribution in [0.3, 0.4) is 0 Å². The molecule has 4 atom stereocenters. The Hall–Kier alpha value is -1.20. The molecule has 26 heavy (non-hydrogen) atoms. The van der Waals surface area contributed by atoms with E-state index < -0.39 is 20.1 Å². The van der Waals surface area contributed by atoms with Gasteiger partial charge in [-0.25, -0.2) is 4.79 Å². The average Bonchev–Trinajstić information content (AvgIpc) is 2.64. The summed E-state index contributed by atoms with van der Waals surface area (Å²) < 4.78 is 11.8. The summed E-state index contributed by atoms with van der Waals surface area (Å²) in [6.45, 7) is 2.27. The lowest BCUT2D eigenvalue weighted by molar-refractivity contribution is 0.0697. The fraction of sp³-hybridized carbons (Fsp3) is 0.632. The summed E-state index contributed by atoms with van der Waals surface area (Å²) in [6.07, 6.45) is 5.03. The Morgan fingerprint density at radius 3 is 2.38 bits per heavy atom. The monoisotopic (exact) mass is 383 g/mol. The smallest absolute Gasteiger partial charge is 0.335 e. The first-order valence-electron chi connectivity index (χ1n) is 9.36. The second kappa shape index (κ2) is 10.2. The van der Waals surface area contributed by atoms with Gasteiger partial charge in [0, 0.05) is 18.2 Å². The minimum absolute atomic E-state index is 0.0493. The van der Waals surface area contributed by atoms with E-state index in [0.717, 1.165) is 31.2 Å². The van der Waals surface area contributed by atoms with Crippen molar-refractivity contribution in [1.82, 2.24) is 5.32 Å². The number of hydrogen-bond acceptors (Lipinski definition) is 4. The molecule has 0 bridgehead atoms. The van der Waals surface area contributed by atoms with Crippen LogP contribution in [-0.2, 0) is 4.57 Å². The molecular weight excluding hydrogens is 353 g/mol. The first-order chi connectivity index (χ1) is 12.4. The Morgan fingerprint density at radius 1 is 1.23 bits per heavy atom. The summed E-state index contributed by atoms with van der Waals surface area (Å²) in [6, 6.07) is 6.58. The van der Waals surface area contributed by atoms with Gasteiger partial charge in [0.2, 0.25) is 0 Å². The number of carbonyl (C=O) groups is 1. The highest BCUT2D eigenvalue weighted by atomic mass is 31.1. The second-order valence-electron chi connectivity index (χ2n) is 7.29. The fourth-order valence-electron chi connectivity index (χ4n) is 3.75. The minimum Gasteiger partial charge on any atom is -0.478 e. The largest absolute Gasteiger partial charge is 0.478 e. The molecule has 6 nitrogen and oxygen atoms in total. The van der Waals surface area contributed by atoms with Crippen LogP contribution in [0.5, 0.6) is 0 Å². The zero-order valence-corrected chi connectivity index (χ0v) is 16.2. The van der Waals surface area contributed by atoms with Crippen molar-refractivity contribution in [2.24, 2.45) is 5.92 Å². The van der Waals surface area contributed by atoms with Crippen LogP contribution in [0.1, 0.15) is 67.4 Å². The highest BCUT2D eigenvalue weighted by molar-refractivity contribution is 7.38. The van der Waals surface area contributed by atoms with Crippen LogP contribution in [0.4, 0.5) is 0 Å². The number of carboxylic acid groups (broad SMARTS) is 1. The van der Waals surface area contributed by atoms with Gasteiger partial charge in [-0.05, 0) is 49.8 Å². The van der Waals surface area contributed by atoms with E-state index >= 15 is 0 Å². The van der Waals surface area contributed by atoms with Gasteiger partial charge in [-0.15, -0.1) is 0 Å². The number of carboxylic acids is 1. The van der Waals surface area contributed by atoms with Gasteiger partial charge in [0.25, 0.3) is 0 Å². The topological polar surface area (TPSA) is 107 Å². The van der Waals surface area contributed by atoms with Gasteiger partial charge < -0.3 is 20.4 Å². The molecule has 1 aliphatic carbocycles. The normalized spacial score (nSPS) is 20.3. The zero-order chi connectivity index (χ0) is 19.1. The van der Waals surface area contributed by atoms with Crippen molar-refractivity contribution in [2.45, 2.75) is 63.3 Å². The van der Waals surface area contributed by atoms with E-state index in [2.05, 4.69) is 5.32 Å². The highest BCUT2D eigenvalue weighted by Crippen LogP contribution is 2.40. The van der Waals surface area contributed by atoms with Crippen LogP contribution >= 0.6 is 8.03 Å². The van der Waals surface area contributed by atoms with Crippen molar-refractivity contribution in [3.8, 4) is 0 Å². The number of aliphatic hydroxyl groups is 1. The standard InChI is InChI=1S/C19H30NO5P/c1-13(14-7-9-16(10-8-14)19(22)23)20-12-17(21)11-18(26(24)25)15-5-3-2-4-6-15/h7-10,13,15,17-18,20-21,26H,2-6,11-12H2,1H3,(H,22,23)(H,24,25)/t13?,17-,18?/m0/s1. The van der Waals surface area contributed by atoms with Crippen LogP contribution < -0.4 is 5.32 Å². The third kappa shape index (κ3) is 6.20. The molecule has 0 heterocycles.